The van der Waals surface area contributed by atoms with Crippen molar-refractivity contribution >= 4 is 11.9 Å². The third-order valence-electron chi connectivity index (χ3n) is 4.32. The van der Waals surface area contributed by atoms with Crippen LogP contribution in [0.25, 0.3) is 0 Å². The van der Waals surface area contributed by atoms with Gasteiger partial charge in [0.05, 0.1) is 18.3 Å². The zero-order chi connectivity index (χ0) is 16.8. The molecule has 0 N–H and O–H groups in total. The maximum atomic E-state index is 12.6. The van der Waals surface area contributed by atoms with E-state index >= 15 is 0 Å². The number of carbonyl (C=O) groups excluding carboxylic acids is 1. The van der Waals surface area contributed by atoms with E-state index in [2.05, 4.69) is 21.8 Å². The van der Waals surface area contributed by atoms with E-state index in [0.29, 0.717) is 6.54 Å². The Morgan fingerprint density at radius 3 is 2.52 bits per heavy atom. The van der Waals surface area contributed by atoms with Gasteiger partial charge in [-0.15, -0.1) is 0 Å². The molecular weight excluding hydrogens is 292 g/mol. The molecule has 0 radical (unpaired) electrons. The molecule has 6 heteroatoms. The Kier molecular flexibility index (Phi) is 3.94. The van der Waals surface area contributed by atoms with Crippen molar-refractivity contribution in [1.82, 2.24) is 14.9 Å². The summed E-state index contributed by atoms with van der Waals surface area (Å²) in [7, 11) is 0. The number of rotatable bonds is 2. The minimum atomic E-state index is -0.494. The van der Waals surface area contributed by atoms with Crippen LogP contribution in [0.15, 0.2) is 0 Å². The van der Waals surface area contributed by atoms with Crippen LogP contribution in [0.4, 0.5) is 10.6 Å². The van der Waals surface area contributed by atoms with Gasteiger partial charge in [0.2, 0.25) is 0 Å². The molecule has 1 saturated heterocycles. The first kappa shape index (κ1) is 16.0. The monoisotopic (exact) mass is 318 g/mol. The molecule has 126 valence electrons. The summed E-state index contributed by atoms with van der Waals surface area (Å²) >= 11 is 0. The van der Waals surface area contributed by atoms with Crippen LogP contribution < -0.4 is 4.90 Å². The SMILES string of the molecule is CCC1c2c(nc(C)nc2N2CCC2)CN1C(=O)OC(C)(C)C. The number of carbonyl (C=O) groups is 1. The lowest BCUT2D eigenvalue weighted by atomic mass is 10.0. The van der Waals surface area contributed by atoms with Crippen molar-refractivity contribution < 1.29 is 9.53 Å². The summed E-state index contributed by atoms with van der Waals surface area (Å²) in [5.41, 5.74) is 1.59. The largest absolute Gasteiger partial charge is 0.444 e. The zero-order valence-electron chi connectivity index (χ0n) is 14.7. The van der Waals surface area contributed by atoms with Crippen LogP contribution in [0.5, 0.6) is 0 Å². The maximum Gasteiger partial charge on any atom is 0.411 e. The molecule has 1 amide bonds. The standard InChI is InChI=1S/C17H26N4O2/c1-6-13-14-12(10-21(13)16(22)23-17(3,4)5)18-11(2)19-15(14)20-8-7-9-20/h13H,6-10H2,1-5H3. The predicted molar refractivity (Wildman–Crippen MR) is 88.4 cm³/mol. The van der Waals surface area contributed by atoms with Crippen molar-refractivity contribution in [3.63, 3.8) is 0 Å². The van der Waals surface area contributed by atoms with Gasteiger partial charge in [0, 0.05) is 18.7 Å². The van der Waals surface area contributed by atoms with E-state index in [1.165, 1.54) is 6.42 Å². The van der Waals surface area contributed by atoms with E-state index in [1.807, 2.05) is 27.7 Å². The summed E-state index contributed by atoms with van der Waals surface area (Å²) in [6.07, 6.45) is 1.76. The molecule has 1 aromatic rings. The molecule has 1 atom stereocenters. The third-order valence-corrected chi connectivity index (χ3v) is 4.32. The number of aryl methyl sites for hydroxylation is 1. The maximum absolute atomic E-state index is 12.6. The fourth-order valence-electron chi connectivity index (χ4n) is 3.22. The molecule has 0 saturated carbocycles. The van der Waals surface area contributed by atoms with E-state index in [0.717, 1.165) is 42.4 Å². The van der Waals surface area contributed by atoms with E-state index in [1.54, 1.807) is 4.90 Å². The highest BCUT2D eigenvalue weighted by Crippen LogP contribution is 2.41. The van der Waals surface area contributed by atoms with Gasteiger partial charge in [-0.2, -0.15) is 0 Å². The van der Waals surface area contributed by atoms with Crippen molar-refractivity contribution in [3.05, 3.63) is 17.1 Å². The number of hydrogen-bond donors (Lipinski definition) is 0. The highest BCUT2D eigenvalue weighted by atomic mass is 16.6. The van der Waals surface area contributed by atoms with E-state index in [4.69, 9.17) is 4.74 Å². The Morgan fingerprint density at radius 2 is 2.00 bits per heavy atom. The van der Waals surface area contributed by atoms with Crippen molar-refractivity contribution in [2.75, 3.05) is 18.0 Å². The highest BCUT2D eigenvalue weighted by Gasteiger charge is 2.40. The molecule has 23 heavy (non-hydrogen) atoms. The first-order valence-electron chi connectivity index (χ1n) is 8.42. The van der Waals surface area contributed by atoms with Crippen molar-refractivity contribution in [1.29, 1.82) is 0 Å². The van der Waals surface area contributed by atoms with Crippen molar-refractivity contribution in [2.24, 2.45) is 0 Å². The van der Waals surface area contributed by atoms with Gasteiger partial charge in [-0.1, -0.05) is 6.92 Å². The smallest absolute Gasteiger partial charge is 0.411 e. The van der Waals surface area contributed by atoms with Crippen LogP contribution in [-0.4, -0.2) is 39.7 Å². The van der Waals surface area contributed by atoms with Gasteiger partial charge in [-0.25, -0.2) is 14.8 Å². The van der Waals surface area contributed by atoms with E-state index < -0.39 is 5.60 Å². The number of aromatic nitrogens is 2. The number of hydrogen-bond acceptors (Lipinski definition) is 5. The second-order valence-electron chi connectivity index (χ2n) is 7.33. The number of anilines is 1. The van der Waals surface area contributed by atoms with Crippen LogP contribution in [0, 0.1) is 6.92 Å². The Balaban J connectivity index is 1.94. The van der Waals surface area contributed by atoms with Gasteiger partial charge < -0.3 is 9.64 Å². The van der Waals surface area contributed by atoms with Gasteiger partial charge >= 0.3 is 6.09 Å². The minimum absolute atomic E-state index is 0.00366. The first-order chi connectivity index (χ1) is 10.8. The fraction of sp³-hybridized carbons (Fsp3) is 0.706. The highest BCUT2D eigenvalue weighted by molar-refractivity contribution is 5.71. The van der Waals surface area contributed by atoms with Gasteiger partial charge in [-0.05, 0) is 40.5 Å². The number of amides is 1. The predicted octanol–water partition coefficient (Wildman–Crippen LogP) is 3.20. The number of ether oxygens (including phenoxy) is 1. The molecule has 1 unspecified atom stereocenters. The van der Waals surface area contributed by atoms with Gasteiger partial charge in [0.1, 0.15) is 17.2 Å². The average molecular weight is 318 g/mol. The lowest BCUT2D eigenvalue weighted by molar-refractivity contribution is 0.0167. The molecule has 1 fully saturated rings. The molecule has 1 aromatic heterocycles. The average Bonchev–Trinajstić information content (AvgIpc) is 2.72. The van der Waals surface area contributed by atoms with Crippen molar-refractivity contribution in [2.45, 2.75) is 65.6 Å². The molecular formula is C17H26N4O2. The Labute approximate surface area is 137 Å². The summed E-state index contributed by atoms with van der Waals surface area (Å²) in [4.78, 5) is 25.9. The summed E-state index contributed by atoms with van der Waals surface area (Å²) in [6.45, 7) is 12.3. The Hall–Kier alpha value is -1.85. The number of fused-ring (bicyclic) bond motifs is 1. The summed E-state index contributed by atoms with van der Waals surface area (Å²) in [5, 5.41) is 0. The second-order valence-corrected chi connectivity index (χ2v) is 7.33. The van der Waals surface area contributed by atoms with E-state index in [9.17, 15) is 4.79 Å². The van der Waals surface area contributed by atoms with Crippen LogP contribution in [0.1, 0.15) is 63.7 Å². The quantitative estimate of drug-likeness (QED) is 0.838. The van der Waals surface area contributed by atoms with Gasteiger partial charge in [0.15, 0.2) is 0 Å². The third kappa shape index (κ3) is 2.99. The summed E-state index contributed by atoms with van der Waals surface area (Å²) < 4.78 is 5.58. The van der Waals surface area contributed by atoms with Gasteiger partial charge in [0.25, 0.3) is 0 Å². The molecule has 2 aliphatic heterocycles. The lowest BCUT2D eigenvalue weighted by Gasteiger charge is -2.35. The fourth-order valence-corrected chi connectivity index (χ4v) is 3.22. The second kappa shape index (κ2) is 5.65. The summed E-state index contributed by atoms with van der Waals surface area (Å²) in [5.74, 6) is 1.78. The molecule has 0 bridgehead atoms. The minimum Gasteiger partial charge on any atom is -0.444 e. The van der Waals surface area contributed by atoms with Crippen LogP contribution in [-0.2, 0) is 11.3 Å². The van der Waals surface area contributed by atoms with E-state index in [-0.39, 0.29) is 12.1 Å². The molecule has 3 heterocycles. The first-order valence-corrected chi connectivity index (χ1v) is 8.42. The normalized spacial score (nSPS) is 20.3. The molecule has 0 aromatic carbocycles. The molecule has 0 aliphatic carbocycles. The summed E-state index contributed by atoms with van der Waals surface area (Å²) in [6, 6.07) is -0.00366. The topological polar surface area (TPSA) is 58.6 Å². The molecule has 3 rings (SSSR count). The van der Waals surface area contributed by atoms with Crippen LogP contribution in [0.2, 0.25) is 0 Å². The Morgan fingerprint density at radius 1 is 1.30 bits per heavy atom. The molecule has 2 aliphatic rings. The lowest BCUT2D eigenvalue weighted by Crippen LogP contribution is -2.39. The van der Waals surface area contributed by atoms with Crippen molar-refractivity contribution in [3.8, 4) is 0 Å². The zero-order valence-corrected chi connectivity index (χ0v) is 14.7. The Bertz CT molecular complexity index is 620. The molecule has 6 nitrogen and oxygen atoms in total. The molecule has 0 spiro atoms. The number of nitrogens with zero attached hydrogens (tertiary/aromatic N) is 4. The van der Waals surface area contributed by atoms with Crippen LogP contribution >= 0.6 is 0 Å². The van der Waals surface area contributed by atoms with Crippen LogP contribution in [0.3, 0.4) is 0 Å². The van der Waals surface area contributed by atoms with Gasteiger partial charge in [-0.3, -0.25) is 4.90 Å².